The molecule has 0 fully saturated rings. The zero-order valence-corrected chi connectivity index (χ0v) is 9.36. The van der Waals surface area contributed by atoms with Crippen molar-refractivity contribution in [2.75, 3.05) is 0 Å². The number of carbonyl (C=O) groups is 1. The van der Waals surface area contributed by atoms with Crippen LogP contribution in [0.3, 0.4) is 0 Å². The molecule has 3 heteroatoms. The summed E-state index contributed by atoms with van der Waals surface area (Å²) >= 11 is 0. The van der Waals surface area contributed by atoms with Gasteiger partial charge in [-0.15, -0.1) is 0 Å². The van der Waals surface area contributed by atoms with E-state index in [-0.39, 0.29) is 106 Å². The second-order valence-corrected chi connectivity index (χ2v) is 0. The smallest absolute Gasteiger partial charge is 1.00 e. The zero-order chi connectivity index (χ0) is 2.00. The number of carbonyl (C=O) groups excluding carboxylic acids is 1. The van der Waals surface area contributed by atoms with Crippen LogP contribution in [0, 0.1) is 0 Å². The molecule has 0 aliphatic carbocycles. The first-order valence-corrected chi connectivity index (χ1v) is 0.289. The van der Waals surface area contributed by atoms with Gasteiger partial charge < -0.3 is 7.65 Å². The molecule has 0 rings (SSSR count). The number of rotatable bonds is 0. The molecule has 0 heterocycles. The molecule has 16 valence electrons. The van der Waals surface area contributed by atoms with E-state index in [4.69, 9.17) is 4.79 Å². The van der Waals surface area contributed by atoms with Crippen molar-refractivity contribution in [3.63, 3.8) is 0 Å². The van der Waals surface area contributed by atoms with E-state index in [9.17, 15) is 0 Å². The maximum absolute atomic E-state index is 8.00. The SMILES string of the molecule is C=O.[H-].[H-].[K+].[K+]. The van der Waals surface area contributed by atoms with Crippen LogP contribution in [-0.2, 0) is 4.79 Å². The summed E-state index contributed by atoms with van der Waals surface area (Å²) in [5, 5.41) is 0. The maximum atomic E-state index is 8.00. The molecule has 0 saturated heterocycles. The van der Waals surface area contributed by atoms with Gasteiger partial charge in [-0.05, 0) is 0 Å². The summed E-state index contributed by atoms with van der Waals surface area (Å²) in [6.07, 6.45) is 0. The summed E-state index contributed by atoms with van der Waals surface area (Å²) in [7, 11) is 0. The molecule has 0 aliphatic heterocycles. The Balaban J connectivity index is -0.000000000833. The van der Waals surface area contributed by atoms with Crippen LogP contribution in [0.1, 0.15) is 2.85 Å². The molecule has 0 saturated carbocycles. The fraction of sp³-hybridized carbons (Fsp3) is 0. The molecule has 1 nitrogen and oxygen atoms in total. The molecular formula is CH4K2O. The van der Waals surface area contributed by atoms with E-state index in [1.165, 1.54) is 0 Å². The van der Waals surface area contributed by atoms with Gasteiger partial charge >= 0.3 is 103 Å². The summed E-state index contributed by atoms with van der Waals surface area (Å²) < 4.78 is 0. The summed E-state index contributed by atoms with van der Waals surface area (Å²) in [5.41, 5.74) is 0. The van der Waals surface area contributed by atoms with Gasteiger partial charge in [-0.25, -0.2) is 0 Å². The Morgan fingerprint density at radius 3 is 1.25 bits per heavy atom. The van der Waals surface area contributed by atoms with Crippen LogP contribution in [-0.4, -0.2) is 6.79 Å². The van der Waals surface area contributed by atoms with E-state index in [1.54, 1.807) is 0 Å². The van der Waals surface area contributed by atoms with E-state index < -0.39 is 0 Å². The van der Waals surface area contributed by atoms with Gasteiger partial charge in [-0.1, -0.05) is 0 Å². The van der Waals surface area contributed by atoms with Gasteiger partial charge in [0.2, 0.25) is 0 Å². The number of hydrogen-bond donors (Lipinski definition) is 0. The van der Waals surface area contributed by atoms with Gasteiger partial charge in [-0.3, -0.25) is 0 Å². The van der Waals surface area contributed by atoms with E-state index in [2.05, 4.69) is 0 Å². The fourth-order valence-corrected chi connectivity index (χ4v) is 0. The first kappa shape index (κ1) is 15.8. The van der Waals surface area contributed by atoms with Crippen LogP contribution >= 0.6 is 0 Å². The molecule has 0 N–H and O–H groups in total. The summed E-state index contributed by atoms with van der Waals surface area (Å²) in [5.74, 6) is 0. The average molecular weight is 110 g/mol. The maximum Gasteiger partial charge on any atom is 1.00 e. The number of hydrogen-bond acceptors (Lipinski definition) is 1. The minimum Gasteiger partial charge on any atom is -1.00 e. The Bertz CT molecular complexity index is 11.5. The molecule has 0 radical (unpaired) electrons. The van der Waals surface area contributed by atoms with Crippen molar-refractivity contribution in [1.29, 1.82) is 0 Å². The van der Waals surface area contributed by atoms with Crippen molar-refractivity contribution < 1.29 is 110 Å². The molecule has 0 unspecified atom stereocenters. The predicted octanol–water partition coefficient (Wildman–Crippen LogP) is -5.95. The Hall–Kier alpha value is 2.94. The van der Waals surface area contributed by atoms with E-state index >= 15 is 0 Å². The monoisotopic (exact) mass is 110 g/mol. The van der Waals surface area contributed by atoms with Gasteiger partial charge in [0.15, 0.2) is 0 Å². The standard InChI is InChI=1S/CH2O.2K.2H/c1-2;;;;/h1H2;;;;/q;2*+1;2*-1. The minimum absolute atomic E-state index is 0. The fourth-order valence-electron chi connectivity index (χ4n) is 0. The molecular weight excluding hydrogens is 106 g/mol. The van der Waals surface area contributed by atoms with Crippen LogP contribution in [0.25, 0.3) is 0 Å². The molecule has 0 spiro atoms. The molecule has 0 aromatic heterocycles. The second kappa shape index (κ2) is 16.8. The van der Waals surface area contributed by atoms with Crippen molar-refractivity contribution in [3.05, 3.63) is 0 Å². The minimum atomic E-state index is 0. The molecule has 4 heavy (non-hydrogen) atoms. The van der Waals surface area contributed by atoms with Gasteiger partial charge in [0.05, 0.1) is 0 Å². The quantitative estimate of drug-likeness (QED) is 0.284. The van der Waals surface area contributed by atoms with Crippen molar-refractivity contribution in [2.24, 2.45) is 0 Å². The Morgan fingerprint density at radius 1 is 1.25 bits per heavy atom. The van der Waals surface area contributed by atoms with Crippen molar-refractivity contribution in [1.82, 2.24) is 0 Å². The van der Waals surface area contributed by atoms with Crippen molar-refractivity contribution >= 4 is 6.79 Å². The summed E-state index contributed by atoms with van der Waals surface area (Å²) in [6, 6.07) is 0. The largest absolute Gasteiger partial charge is 1.00 e. The Labute approximate surface area is 114 Å². The molecule has 0 amide bonds. The van der Waals surface area contributed by atoms with Crippen molar-refractivity contribution in [3.8, 4) is 0 Å². The van der Waals surface area contributed by atoms with E-state index in [0.29, 0.717) is 0 Å². The Kier molecular flexibility index (Phi) is 66.1. The van der Waals surface area contributed by atoms with Crippen LogP contribution in [0.2, 0.25) is 0 Å². The third kappa shape index (κ3) is 8.87. The topological polar surface area (TPSA) is 17.1 Å². The zero-order valence-electron chi connectivity index (χ0n) is 5.12. The van der Waals surface area contributed by atoms with Gasteiger partial charge in [0.1, 0.15) is 6.79 Å². The average Bonchev–Trinajstić information content (AvgIpc) is 1.00. The second-order valence-electron chi connectivity index (χ2n) is 0. The van der Waals surface area contributed by atoms with Gasteiger partial charge in [0, 0.05) is 0 Å². The third-order valence-corrected chi connectivity index (χ3v) is 0. The normalized spacial score (nSPS) is 1.00. The van der Waals surface area contributed by atoms with Gasteiger partial charge in [-0.2, -0.15) is 0 Å². The molecule has 0 atom stereocenters. The predicted molar refractivity (Wildman–Crippen MR) is 9.35 cm³/mol. The molecule has 0 aromatic carbocycles. The van der Waals surface area contributed by atoms with Crippen LogP contribution < -0.4 is 103 Å². The first-order chi connectivity index (χ1) is 1.00. The van der Waals surface area contributed by atoms with Crippen LogP contribution in [0.5, 0.6) is 0 Å². The van der Waals surface area contributed by atoms with E-state index in [0.717, 1.165) is 0 Å². The van der Waals surface area contributed by atoms with Crippen molar-refractivity contribution in [2.45, 2.75) is 0 Å². The molecule has 0 bridgehead atoms. The summed E-state index contributed by atoms with van der Waals surface area (Å²) in [6.45, 7) is 2.00. The molecule has 0 aromatic rings. The van der Waals surface area contributed by atoms with Crippen LogP contribution in [0.15, 0.2) is 0 Å². The third-order valence-electron chi connectivity index (χ3n) is 0. The first-order valence-electron chi connectivity index (χ1n) is 0.289. The van der Waals surface area contributed by atoms with Crippen LogP contribution in [0.4, 0.5) is 0 Å². The summed E-state index contributed by atoms with van der Waals surface area (Å²) in [4.78, 5) is 8.00. The Morgan fingerprint density at radius 2 is 1.25 bits per heavy atom. The molecule has 0 aliphatic rings. The van der Waals surface area contributed by atoms with Gasteiger partial charge in [0.25, 0.3) is 0 Å². The van der Waals surface area contributed by atoms with E-state index in [1.807, 2.05) is 6.79 Å².